The first-order valence-electron chi connectivity index (χ1n) is 9.73. The van der Waals surface area contributed by atoms with Crippen molar-refractivity contribution in [3.63, 3.8) is 0 Å². The molecule has 9 heteroatoms. The first kappa shape index (κ1) is 25.0. The molecule has 0 aliphatic heterocycles. The third kappa shape index (κ3) is 8.49. The quantitative estimate of drug-likeness (QED) is 0.361. The van der Waals surface area contributed by atoms with Crippen molar-refractivity contribution >= 4 is 6.09 Å². The number of benzene rings is 1. The highest BCUT2D eigenvalue weighted by Gasteiger charge is 2.35. The van der Waals surface area contributed by atoms with Crippen molar-refractivity contribution in [1.82, 2.24) is 5.32 Å². The van der Waals surface area contributed by atoms with Gasteiger partial charge in [0.05, 0.1) is 30.9 Å². The van der Waals surface area contributed by atoms with Crippen LogP contribution in [0.25, 0.3) is 0 Å². The van der Waals surface area contributed by atoms with Crippen molar-refractivity contribution in [1.29, 1.82) is 0 Å². The van der Waals surface area contributed by atoms with E-state index in [0.29, 0.717) is 12.0 Å². The number of aliphatic hydroxyl groups is 2. The predicted octanol–water partition coefficient (Wildman–Crippen LogP) is 3.98. The molecule has 1 amide bonds. The van der Waals surface area contributed by atoms with E-state index in [1.165, 1.54) is 12.1 Å². The molecule has 29 heavy (non-hydrogen) atoms. The van der Waals surface area contributed by atoms with Crippen LogP contribution in [0.15, 0.2) is 18.2 Å². The fraction of sp³-hybridized carbons (Fsp3) is 0.650. The molecule has 4 N–H and O–H groups in total. The highest BCUT2D eigenvalue weighted by molar-refractivity contribution is 5.65. The minimum atomic E-state index is -4.60. The van der Waals surface area contributed by atoms with Crippen LogP contribution in [0, 0.1) is 0 Å². The number of hydrogen-bond donors (Lipinski definition) is 4. The Morgan fingerprint density at radius 2 is 1.76 bits per heavy atom. The summed E-state index contributed by atoms with van der Waals surface area (Å²) in [5, 5.41) is 29.7. The molecule has 0 heterocycles. The first-order chi connectivity index (χ1) is 13.7. The number of hydrogen-bond acceptors (Lipinski definition) is 4. The van der Waals surface area contributed by atoms with E-state index < -0.39 is 36.6 Å². The zero-order chi connectivity index (χ0) is 21.9. The van der Waals surface area contributed by atoms with E-state index >= 15 is 0 Å². The van der Waals surface area contributed by atoms with Crippen LogP contribution in [0.5, 0.6) is 5.75 Å². The number of rotatable bonds is 13. The largest absolute Gasteiger partial charge is 0.493 e. The van der Waals surface area contributed by atoms with Crippen LogP contribution in [-0.4, -0.2) is 46.8 Å². The first-order valence-corrected chi connectivity index (χ1v) is 9.73. The van der Waals surface area contributed by atoms with Gasteiger partial charge in [-0.05, 0) is 37.0 Å². The van der Waals surface area contributed by atoms with Crippen LogP contribution in [-0.2, 0) is 12.6 Å². The second-order valence-corrected chi connectivity index (χ2v) is 7.12. The number of halogens is 3. The van der Waals surface area contributed by atoms with Gasteiger partial charge in [0.2, 0.25) is 0 Å². The summed E-state index contributed by atoms with van der Waals surface area (Å²) in [6.07, 6.45) is -1.32. The van der Waals surface area contributed by atoms with E-state index in [1.54, 1.807) is 0 Å². The van der Waals surface area contributed by atoms with E-state index in [1.807, 2.05) is 5.32 Å². The minimum absolute atomic E-state index is 0.0295. The Kier molecular flexibility index (Phi) is 10.2. The standard InChI is InChI=1S/C20H30F3NO5/c1-2-3-4-5-6-11-29-17-8-7-15(12-16(17)20(21,22)23)9-10-19(13-25,14-26)24-18(27)28/h7-8,12,24-26H,2-6,9-11,13-14H2,1H3,(H,27,28). The number of amides is 1. The summed E-state index contributed by atoms with van der Waals surface area (Å²) in [7, 11) is 0. The summed E-state index contributed by atoms with van der Waals surface area (Å²) in [4.78, 5) is 10.9. The maximum atomic E-state index is 13.4. The van der Waals surface area contributed by atoms with Crippen molar-refractivity contribution in [2.45, 2.75) is 63.6 Å². The predicted molar refractivity (Wildman–Crippen MR) is 102 cm³/mol. The highest BCUT2D eigenvalue weighted by atomic mass is 19.4. The van der Waals surface area contributed by atoms with Gasteiger partial charge in [-0.2, -0.15) is 13.2 Å². The molecule has 0 atom stereocenters. The monoisotopic (exact) mass is 421 g/mol. The molecular formula is C20H30F3NO5. The average Bonchev–Trinajstić information content (AvgIpc) is 2.67. The van der Waals surface area contributed by atoms with Gasteiger partial charge in [0.25, 0.3) is 0 Å². The van der Waals surface area contributed by atoms with Crippen molar-refractivity contribution in [3.05, 3.63) is 29.3 Å². The van der Waals surface area contributed by atoms with Crippen LogP contribution in [0.2, 0.25) is 0 Å². The van der Waals surface area contributed by atoms with Crippen molar-refractivity contribution in [2.24, 2.45) is 0 Å². The number of nitrogens with one attached hydrogen (secondary N) is 1. The van der Waals surface area contributed by atoms with Gasteiger partial charge >= 0.3 is 12.3 Å². The number of carboxylic acid groups (broad SMARTS) is 1. The maximum absolute atomic E-state index is 13.4. The van der Waals surface area contributed by atoms with Gasteiger partial charge in [-0.3, -0.25) is 0 Å². The Morgan fingerprint density at radius 3 is 2.31 bits per heavy atom. The van der Waals surface area contributed by atoms with Crippen molar-refractivity contribution < 1.29 is 38.0 Å². The molecule has 0 saturated heterocycles. The fourth-order valence-electron chi connectivity index (χ4n) is 2.93. The molecule has 0 aliphatic carbocycles. The van der Waals surface area contributed by atoms with Crippen molar-refractivity contribution in [2.75, 3.05) is 19.8 Å². The number of ether oxygens (including phenoxy) is 1. The fourth-order valence-corrected chi connectivity index (χ4v) is 2.93. The molecular weight excluding hydrogens is 391 g/mol. The van der Waals surface area contributed by atoms with E-state index in [2.05, 4.69) is 6.92 Å². The maximum Gasteiger partial charge on any atom is 0.419 e. The number of carbonyl (C=O) groups is 1. The molecule has 0 aromatic heterocycles. The second kappa shape index (κ2) is 11.9. The smallest absolute Gasteiger partial charge is 0.419 e. The average molecular weight is 421 g/mol. The summed E-state index contributed by atoms with van der Waals surface area (Å²) in [6, 6.07) is 3.70. The number of aliphatic hydroxyl groups excluding tert-OH is 2. The summed E-state index contributed by atoms with van der Waals surface area (Å²) < 4.78 is 45.6. The molecule has 1 aromatic carbocycles. The lowest BCUT2D eigenvalue weighted by Gasteiger charge is -2.29. The Labute approximate surface area is 168 Å². The topological polar surface area (TPSA) is 99.0 Å². The van der Waals surface area contributed by atoms with Gasteiger partial charge in [-0.15, -0.1) is 0 Å². The van der Waals surface area contributed by atoms with Crippen molar-refractivity contribution in [3.8, 4) is 5.75 Å². The van der Waals surface area contributed by atoms with E-state index in [9.17, 15) is 28.2 Å². The van der Waals surface area contributed by atoms with Crippen LogP contribution in [0.3, 0.4) is 0 Å². The third-order valence-electron chi connectivity index (χ3n) is 4.72. The molecule has 0 unspecified atom stereocenters. The third-order valence-corrected chi connectivity index (χ3v) is 4.72. The Bertz CT molecular complexity index is 633. The Balaban J connectivity index is 2.84. The summed E-state index contributed by atoms with van der Waals surface area (Å²) in [6.45, 7) is 0.922. The molecule has 1 aromatic rings. The summed E-state index contributed by atoms with van der Waals surface area (Å²) >= 11 is 0. The van der Waals surface area contributed by atoms with Gasteiger partial charge in [0, 0.05) is 0 Å². The Hall–Kier alpha value is -2.00. The molecule has 1 rings (SSSR count). The zero-order valence-corrected chi connectivity index (χ0v) is 16.6. The molecule has 0 fully saturated rings. The van der Waals surface area contributed by atoms with Gasteiger partial charge in [-0.25, -0.2) is 4.79 Å². The van der Waals surface area contributed by atoms with Crippen LogP contribution in [0.4, 0.5) is 18.0 Å². The minimum Gasteiger partial charge on any atom is -0.493 e. The summed E-state index contributed by atoms with van der Waals surface area (Å²) in [5.41, 5.74) is -2.13. The van der Waals surface area contributed by atoms with Crippen LogP contribution >= 0.6 is 0 Å². The molecule has 0 radical (unpaired) electrons. The molecule has 0 saturated carbocycles. The lowest BCUT2D eigenvalue weighted by atomic mass is 9.92. The van der Waals surface area contributed by atoms with E-state index in [0.717, 1.165) is 31.7 Å². The van der Waals surface area contributed by atoms with E-state index in [4.69, 9.17) is 9.84 Å². The van der Waals surface area contributed by atoms with E-state index in [-0.39, 0.29) is 25.2 Å². The number of unbranched alkanes of at least 4 members (excludes halogenated alkanes) is 4. The second-order valence-electron chi connectivity index (χ2n) is 7.12. The SMILES string of the molecule is CCCCCCCOc1ccc(CCC(CO)(CO)NC(=O)O)cc1C(F)(F)F. The van der Waals surface area contributed by atoms with Gasteiger partial charge in [0.1, 0.15) is 5.75 Å². The highest BCUT2D eigenvalue weighted by Crippen LogP contribution is 2.37. The van der Waals surface area contributed by atoms with Gasteiger partial charge in [-0.1, -0.05) is 38.7 Å². The number of aryl methyl sites for hydroxylation is 1. The molecule has 166 valence electrons. The summed E-state index contributed by atoms with van der Waals surface area (Å²) in [5.74, 6) is -0.240. The van der Waals surface area contributed by atoms with Crippen LogP contribution < -0.4 is 10.1 Å². The lowest BCUT2D eigenvalue weighted by molar-refractivity contribution is -0.139. The zero-order valence-electron chi connectivity index (χ0n) is 16.6. The normalized spacial score (nSPS) is 12.1. The lowest BCUT2D eigenvalue weighted by Crippen LogP contribution is -2.54. The van der Waals surface area contributed by atoms with Gasteiger partial charge < -0.3 is 25.4 Å². The van der Waals surface area contributed by atoms with Gasteiger partial charge in [0.15, 0.2) is 0 Å². The Morgan fingerprint density at radius 1 is 1.10 bits per heavy atom. The molecule has 0 aliphatic rings. The molecule has 0 spiro atoms. The molecule has 0 bridgehead atoms. The van der Waals surface area contributed by atoms with Crippen LogP contribution in [0.1, 0.15) is 56.6 Å². The number of alkyl halides is 3. The molecule has 6 nitrogen and oxygen atoms in total.